The minimum absolute atomic E-state index is 0.501. The highest BCUT2D eigenvalue weighted by atomic mass is 16.2. The van der Waals surface area contributed by atoms with Gasteiger partial charge in [-0.2, -0.15) is 0 Å². The summed E-state index contributed by atoms with van der Waals surface area (Å²) < 4.78 is 0. The molecule has 2 amide bonds. The molecule has 112 valence electrons. The van der Waals surface area contributed by atoms with Crippen molar-refractivity contribution in [2.45, 2.75) is 77.6 Å². The van der Waals surface area contributed by atoms with Gasteiger partial charge in [0, 0.05) is 0 Å². The zero-order valence-corrected chi connectivity index (χ0v) is 12.3. The number of nitrogens with two attached hydrogens (primary N) is 2. The van der Waals surface area contributed by atoms with Crippen molar-refractivity contribution in [1.29, 1.82) is 0 Å². The number of primary amides is 2. The molecule has 0 aromatic rings. The van der Waals surface area contributed by atoms with Gasteiger partial charge in [-0.25, -0.2) is 0 Å². The fraction of sp³-hybridized carbons (Fsp3) is 0.867. The zero-order valence-electron chi connectivity index (χ0n) is 12.3. The molecule has 0 aromatic heterocycles. The minimum Gasteiger partial charge on any atom is -0.369 e. The summed E-state index contributed by atoms with van der Waals surface area (Å²) in [5, 5.41) is 0. The van der Waals surface area contributed by atoms with E-state index in [0.717, 1.165) is 19.3 Å². The van der Waals surface area contributed by atoms with Crippen molar-refractivity contribution in [3.05, 3.63) is 0 Å². The van der Waals surface area contributed by atoms with Crippen LogP contribution in [-0.4, -0.2) is 11.8 Å². The van der Waals surface area contributed by atoms with Crippen LogP contribution in [0.15, 0.2) is 0 Å². The first kappa shape index (κ1) is 17.9. The molecule has 0 aliphatic rings. The molecule has 0 rings (SSSR count). The Morgan fingerprint density at radius 3 is 1.47 bits per heavy atom. The Balaban J connectivity index is 3.35. The Morgan fingerprint density at radius 1 is 0.737 bits per heavy atom. The molecule has 4 N–H and O–H groups in total. The summed E-state index contributed by atoms with van der Waals surface area (Å²) in [5.74, 6) is -1.97. The van der Waals surface area contributed by atoms with Crippen molar-refractivity contribution < 1.29 is 9.59 Å². The molecular weight excluding hydrogens is 240 g/mol. The van der Waals surface area contributed by atoms with Gasteiger partial charge in [-0.3, -0.25) is 9.59 Å². The van der Waals surface area contributed by atoms with E-state index in [1.807, 2.05) is 0 Å². The molecule has 0 heterocycles. The molecule has 0 saturated carbocycles. The van der Waals surface area contributed by atoms with Crippen LogP contribution in [0.3, 0.4) is 0 Å². The first-order chi connectivity index (χ1) is 9.09. The van der Waals surface area contributed by atoms with Crippen molar-refractivity contribution in [1.82, 2.24) is 0 Å². The van der Waals surface area contributed by atoms with Gasteiger partial charge in [-0.05, 0) is 6.42 Å². The highest BCUT2D eigenvalue weighted by Crippen LogP contribution is 2.13. The summed E-state index contributed by atoms with van der Waals surface area (Å²) >= 11 is 0. The van der Waals surface area contributed by atoms with Crippen molar-refractivity contribution in [3.8, 4) is 0 Å². The summed E-state index contributed by atoms with van der Waals surface area (Å²) in [6, 6.07) is 0. The smallest absolute Gasteiger partial charge is 0.229 e. The lowest BCUT2D eigenvalue weighted by atomic mass is 9.99. The van der Waals surface area contributed by atoms with Crippen molar-refractivity contribution in [2.75, 3.05) is 0 Å². The molecule has 0 saturated heterocycles. The largest absolute Gasteiger partial charge is 0.369 e. The van der Waals surface area contributed by atoms with Gasteiger partial charge in [-0.15, -0.1) is 0 Å². The standard InChI is InChI=1S/C15H30N2O2/c1-2-3-4-5-6-7-8-9-10-11-12-13(14(16)18)15(17)19/h13H,2-12H2,1H3,(H2,16,18)(H2,17,19). The molecule has 0 fully saturated rings. The monoisotopic (exact) mass is 270 g/mol. The molecule has 4 heteroatoms. The maximum atomic E-state index is 11.0. The third-order valence-electron chi connectivity index (χ3n) is 3.53. The molecule has 4 nitrogen and oxygen atoms in total. The van der Waals surface area contributed by atoms with E-state index >= 15 is 0 Å². The summed E-state index contributed by atoms with van der Waals surface area (Å²) in [5.41, 5.74) is 10.2. The first-order valence-corrected chi connectivity index (χ1v) is 7.68. The average molecular weight is 270 g/mol. The zero-order chi connectivity index (χ0) is 14.5. The Bertz CT molecular complexity index is 241. The van der Waals surface area contributed by atoms with Gasteiger partial charge in [0.05, 0.1) is 0 Å². The summed E-state index contributed by atoms with van der Waals surface area (Å²) in [6.07, 6.45) is 12.8. The SMILES string of the molecule is CCCCCCCCCCCCC(C(N)=O)C(N)=O. The molecule has 0 unspecified atom stereocenters. The number of carbonyl (C=O) groups excluding carboxylic acids is 2. The highest BCUT2D eigenvalue weighted by Gasteiger charge is 2.20. The van der Waals surface area contributed by atoms with Crippen LogP contribution < -0.4 is 11.5 Å². The number of unbranched alkanes of at least 4 members (excludes halogenated alkanes) is 9. The average Bonchev–Trinajstić information content (AvgIpc) is 2.35. The molecule has 0 radical (unpaired) electrons. The second-order valence-electron chi connectivity index (χ2n) is 5.33. The summed E-state index contributed by atoms with van der Waals surface area (Å²) in [7, 11) is 0. The molecule has 0 aliphatic carbocycles. The maximum Gasteiger partial charge on any atom is 0.229 e. The van der Waals surface area contributed by atoms with E-state index in [1.54, 1.807) is 0 Å². The molecule has 0 aromatic carbocycles. The topological polar surface area (TPSA) is 86.2 Å². The third kappa shape index (κ3) is 10.5. The van der Waals surface area contributed by atoms with E-state index < -0.39 is 17.7 Å². The van der Waals surface area contributed by atoms with Crippen LogP contribution in [0, 0.1) is 5.92 Å². The molecule has 0 bridgehead atoms. The molecule has 19 heavy (non-hydrogen) atoms. The van der Waals surface area contributed by atoms with Crippen molar-refractivity contribution in [3.63, 3.8) is 0 Å². The van der Waals surface area contributed by atoms with Gasteiger partial charge < -0.3 is 11.5 Å². The Kier molecular flexibility index (Phi) is 11.3. The summed E-state index contributed by atoms with van der Waals surface area (Å²) in [6.45, 7) is 2.23. The fourth-order valence-corrected chi connectivity index (χ4v) is 2.26. The number of amides is 2. The predicted octanol–water partition coefficient (Wildman–Crippen LogP) is 2.88. The maximum absolute atomic E-state index is 11.0. The van der Waals surface area contributed by atoms with Crippen LogP contribution in [0.2, 0.25) is 0 Å². The van der Waals surface area contributed by atoms with Crippen LogP contribution >= 0.6 is 0 Å². The van der Waals surface area contributed by atoms with E-state index in [1.165, 1.54) is 44.9 Å². The van der Waals surface area contributed by atoms with Gasteiger partial charge in [0.2, 0.25) is 11.8 Å². The minimum atomic E-state index is -0.783. The number of hydrogen-bond acceptors (Lipinski definition) is 2. The van der Waals surface area contributed by atoms with Crippen LogP contribution in [0.25, 0.3) is 0 Å². The Labute approximate surface area is 117 Å². The van der Waals surface area contributed by atoms with Gasteiger partial charge >= 0.3 is 0 Å². The van der Waals surface area contributed by atoms with E-state index in [4.69, 9.17) is 11.5 Å². The van der Waals surface area contributed by atoms with Gasteiger partial charge in [0.15, 0.2) is 0 Å². The number of hydrogen-bond donors (Lipinski definition) is 2. The number of carbonyl (C=O) groups is 2. The lowest BCUT2D eigenvalue weighted by molar-refractivity contribution is -0.131. The quantitative estimate of drug-likeness (QED) is 0.398. The third-order valence-corrected chi connectivity index (χ3v) is 3.53. The van der Waals surface area contributed by atoms with Crippen molar-refractivity contribution in [2.24, 2.45) is 17.4 Å². The van der Waals surface area contributed by atoms with Gasteiger partial charge in [-0.1, -0.05) is 71.1 Å². The second kappa shape index (κ2) is 12.0. The van der Waals surface area contributed by atoms with E-state index in [-0.39, 0.29) is 0 Å². The molecule has 0 atom stereocenters. The lowest BCUT2D eigenvalue weighted by Crippen LogP contribution is -2.34. The van der Waals surface area contributed by atoms with Crippen LogP contribution in [-0.2, 0) is 9.59 Å². The summed E-state index contributed by atoms with van der Waals surface area (Å²) in [4.78, 5) is 21.9. The van der Waals surface area contributed by atoms with Crippen LogP contribution in [0.5, 0.6) is 0 Å². The highest BCUT2D eigenvalue weighted by molar-refractivity contribution is 5.98. The lowest BCUT2D eigenvalue weighted by Gasteiger charge is -2.08. The predicted molar refractivity (Wildman–Crippen MR) is 78.3 cm³/mol. The van der Waals surface area contributed by atoms with Crippen molar-refractivity contribution >= 4 is 11.8 Å². The first-order valence-electron chi connectivity index (χ1n) is 7.68. The molecule has 0 aliphatic heterocycles. The second-order valence-corrected chi connectivity index (χ2v) is 5.33. The van der Waals surface area contributed by atoms with Gasteiger partial charge in [0.1, 0.15) is 5.92 Å². The fourth-order valence-electron chi connectivity index (χ4n) is 2.26. The Morgan fingerprint density at radius 2 is 1.11 bits per heavy atom. The van der Waals surface area contributed by atoms with E-state index in [9.17, 15) is 9.59 Å². The van der Waals surface area contributed by atoms with E-state index in [2.05, 4.69) is 6.92 Å². The van der Waals surface area contributed by atoms with Crippen LogP contribution in [0.4, 0.5) is 0 Å². The van der Waals surface area contributed by atoms with Gasteiger partial charge in [0.25, 0.3) is 0 Å². The number of rotatable bonds is 13. The Hall–Kier alpha value is -1.06. The molecular formula is C15H30N2O2. The normalized spacial score (nSPS) is 10.8. The van der Waals surface area contributed by atoms with E-state index in [0.29, 0.717) is 6.42 Å². The van der Waals surface area contributed by atoms with Crippen LogP contribution in [0.1, 0.15) is 77.6 Å². The molecule has 0 spiro atoms.